The molecule has 2 aromatic heterocycles. The van der Waals surface area contributed by atoms with Crippen LogP contribution in [0.2, 0.25) is 0 Å². The molecule has 0 unspecified atom stereocenters. The molecule has 0 aliphatic rings. The van der Waals surface area contributed by atoms with Gasteiger partial charge in [0.25, 0.3) is 5.91 Å². The fraction of sp³-hybridized carbons (Fsp3) is 0.136. The van der Waals surface area contributed by atoms with E-state index in [0.29, 0.717) is 6.54 Å². The van der Waals surface area contributed by atoms with Crippen LogP contribution in [0.3, 0.4) is 0 Å². The van der Waals surface area contributed by atoms with E-state index in [1.165, 1.54) is 17.3 Å². The van der Waals surface area contributed by atoms with Crippen LogP contribution in [-0.4, -0.2) is 26.9 Å². The van der Waals surface area contributed by atoms with Gasteiger partial charge in [-0.1, -0.05) is 60.3 Å². The summed E-state index contributed by atoms with van der Waals surface area (Å²) in [5.41, 5.74) is 6.62. The molecule has 0 spiro atoms. The molecule has 0 saturated carbocycles. The Bertz CT molecular complexity index is 1130. The van der Waals surface area contributed by atoms with E-state index in [1.807, 2.05) is 60.8 Å². The monoisotopic (exact) mass is 420 g/mol. The van der Waals surface area contributed by atoms with Crippen molar-refractivity contribution in [3.8, 4) is 0 Å². The molecule has 146 valence electrons. The van der Waals surface area contributed by atoms with Crippen molar-refractivity contribution in [1.29, 1.82) is 0 Å². The normalized spacial score (nSPS) is 11.7. The van der Waals surface area contributed by atoms with Crippen molar-refractivity contribution in [2.24, 2.45) is 5.10 Å². The number of imidazole rings is 1. The topological polar surface area (TPSA) is 59.3 Å². The number of carbonyl (C=O) groups excluding carboxylic acids is 1. The minimum absolute atomic E-state index is 0.149. The fourth-order valence-corrected chi connectivity index (χ4v) is 4.41. The highest BCUT2D eigenvalue weighted by Gasteiger charge is 2.13. The van der Waals surface area contributed by atoms with Gasteiger partial charge < -0.3 is 4.57 Å². The predicted molar refractivity (Wildman–Crippen MR) is 121 cm³/mol. The number of thioether (sulfide) groups is 1. The number of para-hydroxylation sites is 2. The highest BCUT2D eigenvalue weighted by Crippen LogP contribution is 2.25. The first-order valence-corrected chi connectivity index (χ1v) is 11.1. The van der Waals surface area contributed by atoms with Crippen molar-refractivity contribution in [1.82, 2.24) is 15.0 Å². The Balaban J connectivity index is 1.48. The van der Waals surface area contributed by atoms with Crippen molar-refractivity contribution in [2.75, 3.05) is 5.75 Å². The Morgan fingerprint density at radius 1 is 1.10 bits per heavy atom. The van der Waals surface area contributed by atoms with Crippen LogP contribution in [0.15, 0.2) is 82.4 Å². The van der Waals surface area contributed by atoms with Gasteiger partial charge in [-0.25, -0.2) is 10.4 Å². The fourth-order valence-electron chi connectivity index (χ4n) is 2.93. The third-order valence-electron chi connectivity index (χ3n) is 4.36. The van der Waals surface area contributed by atoms with E-state index in [-0.39, 0.29) is 11.7 Å². The van der Waals surface area contributed by atoms with E-state index in [1.54, 1.807) is 11.3 Å². The quantitative estimate of drug-likeness (QED) is 0.266. The van der Waals surface area contributed by atoms with Gasteiger partial charge in [-0.05, 0) is 36.1 Å². The smallest absolute Gasteiger partial charge is 0.250 e. The van der Waals surface area contributed by atoms with Crippen LogP contribution < -0.4 is 5.43 Å². The molecule has 0 atom stereocenters. The maximum atomic E-state index is 12.3. The van der Waals surface area contributed by atoms with Gasteiger partial charge in [-0.3, -0.25) is 4.79 Å². The second kappa shape index (κ2) is 9.07. The zero-order valence-corrected chi connectivity index (χ0v) is 17.5. The number of fused-ring (bicyclic) bond motifs is 1. The van der Waals surface area contributed by atoms with E-state index in [0.717, 1.165) is 26.8 Å². The summed E-state index contributed by atoms with van der Waals surface area (Å²) in [7, 11) is 0. The first-order chi connectivity index (χ1) is 14.2. The van der Waals surface area contributed by atoms with Gasteiger partial charge in [0.15, 0.2) is 5.16 Å². The van der Waals surface area contributed by atoms with Crippen LogP contribution in [-0.2, 0) is 11.3 Å². The first-order valence-electron chi connectivity index (χ1n) is 9.20. The third kappa shape index (κ3) is 4.75. The molecule has 1 N–H and O–H groups in total. The number of carbonyl (C=O) groups is 1. The average molecular weight is 421 g/mol. The number of aromatic nitrogens is 2. The van der Waals surface area contributed by atoms with E-state index < -0.39 is 0 Å². The van der Waals surface area contributed by atoms with Crippen molar-refractivity contribution < 1.29 is 4.79 Å². The number of nitrogens with zero attached hydrogens (tertiary/aromatic N) is 3. The van der Waals surface area contributed by atoms with Crippen molar-refractivity contribution >= 4 is 45.8 Å². The lowest BCUT2D eigenvalue weighted by Crippen LogP contribution is -2.21. The molecule has 0 saturated heterocycles. The highest BCUT2D eigenvalue weighted by atomic mass is 32.2. The molecule has 0 radical (unpaired) electrons. The molecule has 1 amide bonds. The van der Waals surface area contributed by atoms with E-state index in [4.69, 9.17) is 4.98 Å². The molecule has 2 aromatic carbocycles. The molecular formula is C22H20N4OS2. The van der Waals surface area contributed by atoms with Gasteiger partial charge >= 0.3 is 0 Å². The summed E-state index contributed by atoms with van der Waals surface area (Å²) < 4.78 is 2.16. The molecule has 4 aromatic rings. The molecule has 0 aliphatic carbocycles. The first kappa shape index (κ1) is 19.4. The van der Waals surface area contributed by atoms with Gasteiger partial charge in [0.2, 0.25) is 0 Å². The minimum Gasteiger partial charge on any atom is -0.314 e. The summed E-state index contributed by atoms with van der Waals surface area (Å²) in [5.74, 6) is 0.100. The number of thiophene rings is 1. The van der Waals surface area contributed by atoms with Gasteiger partial charge in [-0.15, -0.1) is 11.3 Å². The van der Waals surface area contributed by atoms with Crippen molar-refractivity contribution in [2.45, 2.75) is 18.6 Å². The lowest BCUT2D eigenvalue weighted by molar-refractivity contribution is -0.118. The van der Waals surface area contributed by atoms with Gasteiger partial charge in [0.05, 0.1) is 29.0 Å². The largest absolute Gasteiger partial charge is 0.314 e. The van der Waals surface area contributed by atoms with Crippen LogP contribution in [0.1, 0.15) is 17.4 Å². The van der Waals surface area contributed by atoms with E-state index >= 15 is 0 Å². The number of rotatable bonds is 7. The summed E-state index contributed by atoms with van der Waals surface area (Å²) in [6, 6.07) is 22.2. The lowest BCUT2D eigenvalue weighted by atomic mass is 10.2. The van der Waals surface area contributed by atoms with Crippen molar-refractivity contribution in [3.63, 3.8) is 0 Å². The van der Waals surface area contributed by atoms with Crippen LogP contribution in [0.4, 0.5) is 0 Å². The Kier molecular flexibility index (Phi) is 6.07. The molecule has 29 heavy (non-hydrogen) atoms. The Labute approximate surface area is 177 Å². The highest BCUT2D eigenvalue weighted by molar-refractivity contribution is 7.99. The third-order valence-corrected chi connectivity index (χ3v) is 6.32. The Hall–Kier alpha value is -2.90. The van der Waals surface area contributed by atoms with Crippen LogP contribution in [0.5, 0.6) is 0 Å². The second-order valence-electron chi connectivity index (χ2n) is 6.45. The van der Waals surface area contributed by atoms with Crippen LogP contribution in [0.25, 0.3) is 11.0 Å². The molecule has 2 heterocycles. The van der Waals surface area contributed by atoms with Crippen molar-refractivity contribution in [3.05, 3.63) is 82.6 Å². The maximum Gasteiger partial charge on any atom is 0.250 e. The number of hydrogen-bond acceptors (Lipinski definition) is 5. The molecule has 7 heteroatoms. The molecule has 4 rings (SSSR count). The summed E-state index contributed by atoms with van der Waals surface area (Å²) in [5, 5.41) is 7.01. The summed E-state index contributed by atoms with van der Waals surface area (Å²) in [4.78, 5) is 18.1. The predicted octanol–water partition coefficient (Wildman–Crippen LogP) is 4.78. The number of benzene rings is 2. The van der Waals surface area contributed by atoms with Gasteiger partial charge in [0, 0.05) is 4.88 Å². The SMILES string of the molecule is C/C(=N/NC(=O)CSc1nc2ccccc2n1Cc1ccccc1)c1cccs1. The molecule has 0 aliphatic heterocycles. The minimum atomic E-state index is -0.149. The van der Waals surface area contributed by atoms with Gasteiger partial charge in [0.1, 0.15) is 0 Å². The molecular weight excluding hydrogens is 400 g/mol. The second-order valence-corrected chi connectivity index (χ2v) is 8.34. The van der Waals surface area contributed by atoms with E-state index in [2.05, 4.69) is 33.3 Å². The lowest BCUT2D eigenvalue weighted by Gasteiger charge is -2.09. The number of hydrogen-bond donors (Lipinski definition) is 1. The van der Waals surface area contributed by atoms with E-state index in [9.17, 15) is 4.79 Å². The van der Waals surface area contributed by atoms with Crippen LogP contribution in [0, 0.1) is 0 Å². The molecule has 0 bridgehead atoms. The Morgan fingerprint density at radius 2 is 1.90 bits per heavy atom. The number of hydrazone groups is 1. The maximum absolute atomic E-state index is 12.3. The summed E-state index contributed by atoms with van der Waals surface area (Å²) >= 11 is 3.02. The molecule has 0 fully saturated rings. The summed E-state index contributed by atoms with van der Waals surface area (Å²) in [6.45, 7) is 2.60. The zero-order chi connectivity index (χ0) is 20.1. The van der Waals surface area contributed by atoms with Gasteiger partial charge in [-0.2, -0.15) is 5.10 Å². The molecule has 5 nitrogen and oxygen atoms in total. The standard InChI is InChI=1S/C22H20N4OS2/c1-16(20-12-7-13-28-20)24-25-21(27)15-29-22-23-18-10-5-6-11-19(18)26(22)14-17-8-3-2-4-9-17/h2-13H,14-15H2,1H3,(H,25,27)/b24-16-. The zero-order valence-electron chi connectivity index (χ0n) is 15.9. The Morgan fingerprint density at radius 3 is 2.69 bits per heavy atom. The number of amides is 1. The van der Waals surface area contributed by atoms with Crippen LogP contribution >= 0.6 is 23.1 Å². The average Bonchev–Trinajstić information content (AvgIpc) is 3.40. The summed E-state index contributed by atoms with van der Waals surface area (Å²) in [6.07, 6.45) is 0. The number of nitrogens with one attached hydrogen (secondary N) is 1.